The third-order valence-corrected chi connectivity index (χ3v) is 3.85. The van der Waals surface area contributed by atoms with Crippen LogP contribution in [0.25, 0.3) is 0 Å². The number of hydrogen-bond donors (Lipinski definition) is 1. The van der Waals surface area contributed by atoms with E-state index in [1.807, 2.05) is 4.90 Å². The van der Waals surface area contributed by atoms with Crippen LogP contribution in [0.5, 0.6) is 0 Å². The van der Waals surface area contributed by atoms with Crippen molar-refractivity contribution in [2.75, 3.05) is 32.7 Å². The van der Waals surface area contributed by atoms with Crippen LogP contribution in [-0.2, 0) is 11.3 Å². The van der Waals surface area contributed by atoms with Crippen LogP contribution in [0.15, 0.2) is 18.2 Å². The Balaban J connectivity index is 1.91. The standard InChI is InChI=1S/C15H22N2O2/c1-12-4-3-5-13(2)14(12)10-16-6-8-17(9-7-16)11-15(18)19/h3-5H,6-11H2,1-2H3,(H,18,19). The Hall–Kier alpha value is -1.39. The molecule has 1 fully saturated rings. The van der Waals surface area contributed by atoms with Crippen molar-refractivity contribution >= 4 is 5.97 Å². The Bertz CT molecular complexity index is 431. The van der Waals surface area contributed by atoms with Gasteiger partial charge in [0.2, 0.25) is 0 Å². The quantitative estimate of drug-likeness (QED) is 0.893. The van der Waals surface area contributed by atoms with E-state index >= 15 is 0 Å². The average molecular weight is 262 g/mol. The molecular weight excluding hydrogens is 240 g/mol. The summed E-state index contributed by atoms with van der Waals surface area (Å²) in [5.41, 5.74) is 4.09. The molecule has 4 nitrogen and oxygen atoms in total. The number of hydrogen-bond acceptors (Lipinski definition) is 3. The maximum absolute atomic E-state index is 10.7. The van der Waals surface area contributed by atoms with Gasteiger partial charge in [-0.1, -0.05) is 18.2 Å². The van der Waals surface area contributed by atoms with Crippen LogP contribution in [0.3, 0.4) is 0 Å². The molecule has 0 amide bonds. The molecule has 1 N–H and O–H groups in total. The topological polar surface area (TPSA) is 43.8 Å². The monoisotopic (exact) mass is 262 g/mol. The largest absolute Gasteiger partial charge is 0.480 e. The van der Waals surface area contributed by atoms with Crippen molar-refractivity contribution < 1.29 is 9.90 Å². The van der Waals surface area contributed by atoms with E-state index in [9.17, 15) is 4.79 Å². The first-order valence-corrected chi connectivity index (χ1v) is 6.78. The Labute approximate surface area is 114 Å². The van der Waals surface area contributed by atoms with Gasteiger partial charge in [0, 0.05) is 32.7 Å². The fourth-order valence-corrected chi connectivity index (χ4v) is 2.62. The van der Waals surface area contributed by atoms with Gasteiger partial charge in [0.05, 0.1) is 6.54 Å². The number of nitrogens with zero attached hydrogens (tertiary/aromatic N) is 2. The number of aryl methyl sites for hydroxylation is 2. The van der Waals surface area contributed by atoms with E-state index in [0.717, 1.165) is 32.7 Å². The first-order valence-electron chi connectivity index (χ1n) is 6.78. The van der Waals surface area contributed by atoms with Crippen LogP contribution < -0.4 is 0 Å². The van der Waals surface area contributed by atoms with Crippen molar-refractivity contribution in [1.29, 1.82) is 0 Å². The Morgan fingerprint density at radius 3 is 2.16 bits per heavy atom. The summed E-state index contributed by atoms with van der Waals surface area (Å²) in [6, 6.07) is 6.41. The first-order chi connectivity index (χ1) is 9.06. The van der Waals surface area contributed by atoms with Crippen LogP contribution >= 0.6 is 0 Å². The highest BCUT2D eigenvalue weighted by atomic mass is 16.4. The van der Waals surface area contributed by atoms with E-state index in [4.69, 9.17) is 5.11 Å². The smallest absolute Gasteiger partial charge is 0.317 e. The second-order valence-corrected chi connectivity index (χ2v) is 5.32. The van der Waals surface area contributed by atoms with Gasteiger partial charge in [0.1, 0.15) is 0 Å². The molecule has 1 saturated heterocycles. The SMILES string of the molecule is Cc1cccc(C)c1CN1CCN(CC(=O)O)CC1. The minimum atomic E-state index is -0.733. The van der Waals surface area contributed by atoms with Gasteiger partial charge in [-0.25, -0.2) is 0 Å². The number of piperazine rings is 1. The van der Waals surface area contributed by atoms with Crippen LogP contribution in [0, 0.1) is 13.8 Å². The maximum Gasteiger partial charge on any atom is 0.317 e. The molecule has 0 unspecified atom stereocenters. The summed E-state index contributed by atoms with van der Waals surface area (Å²) < 4.78 is 0. The highest BCUT2D eigenvalue weighted by Crippen LogP contribution is 2.16. The fourth-order valence-electron chi connectivity index (χ4n) is 2.62. The minimum Gasteiger partial charge on any atom is -0.480 e. The molecule has 1 aromatic rings. The molecule has 2 rings (SSSR count). The van der Waals surface area contributed by atoms with Crippen molar-refractivity contribution in [3.05, 3.63) is 34.9 Å². The zero-order valence-corrected chi connectivity index (χ0v) is 11.7. The zero-order chi connectivity index (χ0) is 13.8. The second-order valence-electron chi connectivity index (χ2n) is 5.32. The van der Waals surface area contributed by atoms with Gasteiger partial charge in [-0.05, 0) is 30.5 Å². The van der Waals surface area contributed by atoms with Crippen molar-refractivity contribution in [1.82, 2.24) is 9.80 Å². The minimum absolute atomic E-state index is 0.164. The third-order valence-electron chi connectivity index (χ3n) is 3.85. The molecule has 1 aromatic carbocycles. The van der Waals surface area contributed by atoms with Crippen molar-refractivity contribution in [3.63, 3.8) is 0 Å². The summed E-state index contributed by atoms with van der Waals surface area (Å²) in [4.78, 5) is 15.1. The predicted molar refractivity (Wildman–Crippen MR) is 75.3 cm³/mol. The summed E-state index contributed by atoms with van der Waals surface area (Å²) in [6.07, 6.45) is 0. The Morgan fingerprint density at radius 1 is 1.11 bits per heavy atom. The van der Waals surface area contributed by atoms with Crippen LogP contribution in [0.1, 0.15) is 16.7 Å². The van der Waals surface area contributed by atoms with Crippen molar-refractivity contribution in [2.45, 2.75) is 20.4 Å². The van der Waals surface area contributed by atoms with Gasteiger partial charge in [0.25, 0.3) is 0 Å². The number of benzene rings is 1. The number of rotatable bonds is 4. The molecule has 1 aliphatic heterocycles. The van der Waals surface area contributed by atoms with Crippen LogP contribution in [0.4, 0.5) is 0 Å². The number of carboxylic acid groups (broad SMARTS) is 1. The fraction of sp³-hybridized carbons (Fsp3) is 0.533. The van der Waals surface area contributed by atoms with E-state index in [-0.39, 0.29) is 6.54 Å². The van der Waals surface area contributed by atoms with Gasteiger partial charge >= 0.3 is 5.97 Å². The third kappa shape index (κ3) is 3.78. The molecular formula is C15H22N2O2. The zero-order valence-electron chi connectivity index (χ0n) is 11.7. The summed E-state index contributed by atoms with van der Waals surface area (Å²) in [7, 11) is 0. The normalized spacial score (nSPS) is 17.6. The molecule has 1 aliphatic rings. The van der Waals surface area contributed by atoms with E-state index in [1.165, 1.54) is 16.7 Å². The van der Waals surface area contributed by atoms with Crippen molar-refractivity contribution in [2.24, 2.45) is 0 Å². The summed E-state index contributed by atoms with van der Waals surface area (Å²) >= 11 is 0. The van der Waals surface area contributed by atoms with E-state index in [0.29, 0.717) is 0 Å². The Kier molecular flexibility index (Phi) is 4.56. The lowest BCUT2D eigenvalue weighted by Crippen LogP contribution is -2.47. The van der Waals surface area contributed by atoms with E-state index in [1.54, 1.807) is 0 Å². The number of aliphatic carboxylic acids is 1. The van der Waals surface area contributed by atoms with Gasteiger partial charge in [-0.2, -0.15) is 0 Å². The summed E-state index contributed by atoms with van der Waals surface area (Å²) in [5, 5.41) is 8.78. The number of carbonyl (C=O) groups is 1. The lowest BCUT2D eigenvalue weighted by atomic mass is 10.0. The molecule has 0 saturated carbocycles. The van der Waals surface area contributed by atoms with E-state index < -0.39 is 5.97 Å². The maximum atomic E-state index is 10.7. The number of carboxylic acids is 1. The van der Waals surface area contributed by atoms with Crippen LogP contribution in [-0.4, -0.2) is 53.6 Å². The molecule has 0 radical (unpaired) electrons. The lowest BCUT2D eigenvalue weighted by Gasteiger charge is -2.34. The van der Waals surface area contributed by atoms with Gasteiger partial charge in [0.15, 0.2) is 0 Å². The molecule has 1 heterocycles. The Morgan fingerprint density at radius 2 is 1.63 bits per heavy atom. The molecule has 4 heteroatoms. The molecule has 104 valence electrons. The van der Waals surface area contributed by atoms with Gasteiger partial charge in [-0.15, -0.1) is 0 Å². The van der Waals surface area contributed by atoms with Crippen molar-refractivity contribution in [3.8, 4) is 0 Å². The highest BCUT2D eigenvalue weighted by Gasteiger charge is 2.19. The second kappa shape index (κ2) is 6.17. The lowest BCUT2D eigenvalue weighted by molar-refractivity contribution is -0.138. The van der Waals surface area contributed by atoms with E-state index in [2.05, 4.69) is 36.9 Å². The molecule has 0 aromatic heterocycles. The van der Waals surface area contributed by atoms with Gasteiger partial charge < -0.3 is 5.11 Å². The average Bonchev–Trinajstić information content (AvgIpc) is 2.35. The summed E-state index contributed by atoms with van der Waals surface area (Å²) in [6.45, 7) is 9.03. The van der Waals surface area contributed by atoms with Gasteiger partial charge in [-0.3, -0.25) is 14.6 Å². The first kappa shape index (κ1) is 14.0. The molecule has 0 spiro atoms. The molecule has 0 aliphatic carbocycles. The molecule has 19 heavy (non-hydrogen) atoms. The predicted octanol–water partition coefficient (Wildman–Crippen LogP) is 1.51. The summed E-state index contributed by atoms with van der Waals surface area (Å²) in [5.74, 6) is -0.733. The highest BCUT2D eigenvalue weighted by molar-refractivity contribution is 5.69. The molecule has 0 bridgehead atoms. The van der Waals surface area contributed by atoms with Crippen LogP contribution in [0.2, 0.25) is 0 Å². The molecule has 0 atom stereocenters.